The summed E-state index contributed by atoms with van der Waals surface area (Å²) in [5.41, 5.74) is 0. The summed E-state index contributed by atoms with van der Waals surface area (Å²) in [7, 11) is 1.53. The van der Waals surface area contributed by atoms with Gasteiger partial charge in [-0.05, 0) is 38.5 Å². The number of quaternary nitrogens is 1. The standard InChI is InChI=1S/C45H88NO7P/c1-7-10-12-14-16-18-20-22-24-26-28-30-32-34-36-38-44(47)51-40-42(41-52-54(49,50)43(9-3)46(4,5)6)53-45(48)39-37-35-33-31-29-27-25-23-21-19-17-15-13-11-8-2/h21,23,42-43H,7-20,22,24-41H2,1-6H3/p+1/b23-21-/t42-,43?/m1/s1. The molecule has 0 fully saturated rings. The number of nitrogens with zero attached hydrogens (tertiary/aromatic N) is 1. The van der Waals surface area contributed by atoms with E-state index in [1.165, 1.54) is 128 Å². The maximum absolute atomic E-state index is 13.2. The van der Waals surface area contributed by atoms with E-state index in [1.54, 1.807) is 0 Å². The van der Waals surface area contributed by atoms with Gasteiger partial charge >= 0.3 is 19.5 Å². The summed E-state index contributed by atoms with van der Waals surface area (Å²) in [6.07, 6.45) is 39.0. The molecule has 320 valence electrons. The van der Waals surface area contributed by atoms with Gasteiger partial charge in [-0.3, -0.25) is 14.2 Å². The predicted octanol–water partition coefficient (Wildman–Crippen LogP) is 13.4. The quantitative estimate of drug-likeness (QED) is 0.0217. The van der Waals surface area contributed by atoms with E-state index in [4.69, 9.17) is 14.0 Å². The molecule has 0 radical (unpaired) electrons. The number of ether oxygens (including phenoxy) is 2. The van der Waals surface area contributed by atoms with Crippen LogP contribution in [0.2, 0.25) is 0 Å². The molecule has 0 spiro atoms. The molecule has 8 nitrogen and oxygen atoms in total. The van der Waals surface area contributed by atoms with Crippen LogP contribution < -0.4 is 0 Å². The van der Waals surface area contributed by atoms with Crippen LogP contribution in [0.1, 0.15) is 220 Å². The highest BCUT2D eigenvalue weighted by Gasteiger charge is 2.42. The van der Waals surface area contributed by atoms with Gasteiger partial charge in [-0.25, -0.2) is 0 Å². The van der Waals surface area contributed by atoms with Crippen molar-refractivity contribution in [3.8, 4) is 0 Å². The fourth-order valence-electron chi connectivity index (χ4n) is 7.09. The summed E-state index contributed by atoms with van der Waals surface area (Å²) >= 11 is 0. The minimum Gasteiger partial charge on any atom is -0.462 e. The molecule has 0 aromatic rings. The van der Waals surface area contributed by atoms with Crippen molar-refractivity contribution in [2.24, 2.45) is 0 Å². The molecule has 0 aliphatic carbocycles. The molecule has 3 atom stereocenters. The van der Waals surface area contributed by atoms with Gasteiger partial charge in [-0.15, -0.1) is 0 Å². The normalized spacial score (nSPS) is 14.3. The molecule has 0 aromatic heterocycles. The zero-order valence-corrected chi connectivity index (χ0v) is 37.3. The highest BCUT2D eigenvalue weighted by atomic mass is 31.2. The van der Waals surface area contributed by atoms with Crippen molar-refractivity contribution >= 4 is 19.5 Å². The number of hydrogen-bond acceptors (Lipinski definition) is 6. The van der Waals surface area contributed by atoms with E-state index >= 15 is 0 Å². The van der Waals surface area contributed by atoms with Gasteiger partial charge in [-0.1, -0.05) is 174 Å². The van der Waals surface area contributed by atoms with Gasteiger partial charge in [0, 0.05) is 19.3 Å². The van der Waals surface area contributed by atoms with Crippen LogP contribution in [-0.4, -0.2) is 67.6 Å². The van der Waals surface area contributed by atoms with Gasteiger partial charge in [0.1, 0.15) is 6.61 Å². The van der Waals surface area contributed by atoms with Crippen molar-refractivity contribution in [3.63, 3.8) is 0 Å². The summed E-state index contributed by atoms with van der Waals surface area (Å²) < 4.78 is 30.2. The Morgan fingerprint density at radius 2 is 0.926 bits per heavy atom. The van der Waals surface area contributed by atoms with Crippen LogP contribution in [0.15, 0.2) is 12.2 Å². The first-order valence-corrected chi connectivity index (χ1v) is 24.4. The third-order valence-electron chi connectivity index (χ3n) is 10.4. The van der Waals surface area contributed by atoms with Gasteiger partial charge in [0.05, 0.1) is 27.7 Å². The molecule has 0 saturated carbocycles. The van der Waals surface area contributed by atoms with Crippen LogP contribution in [0.3, 0.4) is 0 Å². The second kappa shape index (κ2) is 36.2. The molecule has 0 saturated heterocycles. The fraction of sp³-hybridized carbons (Fsp3) is 0.911. The van der Waals surface area contributed by atoms with Crippen molar-refractivity contribution in [1.82, 2.24) is 0 Å². The van der Waals surface area contributed by atoms with Crippen LogP contribution in [0.5, 0.6) is 0 Å². The number of hydrogen-bond donors (Lipinski definition) is 1. The first kappa shape index (κ1) is 52.8. The summed E-state index contributed by atoms with van der Waals surface area (Å²) in [5, 5.41) is 0. The molecule has 9 heteroatoms. The zero-order chi connectivity index (χ0) is 40.2. The number of esters is 2. The lowest BCUT2D eigenvalue weighted by Gasteiger charge is -2.35. The monoisotopic (exact) mass is 787 g/mol. The maximum atomic E-state index is 13.2. The highest BCUT2D eigenvalue weighted by Crippen LogP contribution is 2.51. The van der Waals surface area contributed by atoms with Crippen LogP contribution in [0.25, 0.3) is 0 Å². The molecule has 0 amide bonds. The third-order valence-corrected chi connectivity index (χ3v) is 12.8. The minimum atomic E-state index is -4.03. The van der Waals surface area contributed by atoms with E-state index in [9.17, 15) is 19.0 Å². The molecule has 0 heterocycles. The van der Waals surface area contributed by atoms with Crippen LogP contribution in [-0.2, 0) is 28.2 Å². The van der Waals surface area contributed by atoms with Crippen LogP contribution >= 0.6 is 7.60 Å². The average molecular weight is 787 g/mol. The molecular formula is C45H89NO7P+. The third kappa shape index (κ3) is 33.0. The largest absolute Gasteiger partial charge is 0.462 e. The number of rotatable bonds is 40. The Hall–Kier alpha value is -1.21. The van der Waals surface area contributed by atoms with Gasteiger partial charge in [0.15, 0.2) is 11.9 Å². The Morgan fingerprint density at radius 1 is 0.556 bits per heavy atom. The average Bonchev–Trinajstić information content (AvgIpc) is 3.12. The molecular weight excluding hydrogens is 697 g/mol. The Kier molecular flexibility index (Phi) is 35.3. The SMILES string of the molecule is CCCCCCC/C=C\CCCCCCCCC(=O)O[C@H](COC(=O)CCCCCCCCCCCCCCCCC)COP(=O)(O)C(CC)[N+](C)(C)C. The molecule has 0 rings (SSSR count). The maximum Gasteiger partial charge on any atom is 0.385 e. The van der Waals surface area contributed by atoms with E-state index < -0.39 is 25.5 Å². The first-order chi connectivity index (χ1) is 26.0. The van der Waals surface area contributed by atoms with E-state index in [1.807, 2.05) is 28.1 Å². The predicted molar refractivity (Wildman–Crippen MR) is 228 cm³/mol. The van der Waals surface area contributed by atoms with Crippen LogP contribution in [0, 0.1) is 0 Å². The van der Waals surface area contributed by atoms with Crippen molar-refractivity contribution in [2.45, 2.75) is 232 Å². The molecule has 0 bridgehead atoms. The fourth-order valence-corrected chi connectivity index (χ4v) is 8.98. The second-order valence-electron chi connectivity index (χ2n) is 16.7. The highest BCUT2D eigenvalue weighted by molar-refractivity contribution is 7.53. The lowest BCUT2D eigenvalue weighted by molar-refractivity contribution is -0.883. The Morgan fingerprint density at radius 3 is 1.31 bits per heavy atom. The van der Waals surface area contributed by atoms with Gasteiger partial charge in [-0.2, -0.15) is 0 Å². The number of allylic oxidation sites excluding steroid dienone is 2. The number of carbonyl (C=O) groups is 2. The Balaban J connectivity index is 4.43. The number of carbonyl (C=O) groups excluding carboxylic acids is 2. The molecule has 1 N–H and O–H groups in total. The summed E-state index contributed by atoms with van der Waals surface area (Å²) in [6, 6.07) is 0. The molecule has 2 unspecified atom stereocenters. The summed E-state index contributed by atoms with van der Waals surface area (Å²) in [6.45, 7) is 5.89. The van der Waals surface area contributed by atoms with E-state index in [2.05, 4.69) is 26.0 Å². The Bertz CT molecular complexity index is 951. The lowest BCUT2D eigenvalue weighted by atomic mass is 10.0. The topological polar surface area (TPSA) is 99.1 Å². The Labute approximate surface area is 334 Å². The molecule has 0 aromatic carbocycles. The second-order valence-corrected chi connectivity index (χ2v) is 18.7. The summed E-state index contributed by atoms with van der Waals surface area (Å²) in [4.78, 5) is 36.1. The van der Waals surface area contributed by atoms with Gasteiger partial charge in [0.25, 0.3) is 0 Å². The van der Waals surface area contributed by atoms with E-state index in [0.29, 0.717) is 12.8 Å². The molecule has 0 aliphatic rings. The van der Waals surface area contributed by atoms with Crippen molar-refractivity contribution in [2.75, 3.05) is 34.4 Å². The van der Waals surface area contributed by atoms with Crippen molar-refractivity contribution in [1.29, 1.82) is 0 Å². The zero-order valence-electron chi connectivity index (χ0n) is 36.4. The van der Waals surface area contributed by atoms with Gasteiger partial charge < -0.3 is 23.4 Å². The first-order valence-electron chi connectivity index (χ1n) is 22.8. The van der Waals surface area contributed by atoms with Crippen molar-refractivity contribution < 1.29 is 37.5 Å². The lowest BCUT2D eigenvalue weighted by Crippen LogP contribution is -2.45. The number of unbranched alkanes of at least 4 members (excludes halogenated alkanes) is 25. The van der Waals surface area contributed by atoms with E-state index in [-0.39, 0.29) is 30.1 Å². The van der Waals surface area contributed by atoms with Gasteiger partial charge in [0.2, 0.25) is 0 Å². The van der Waals surface area contributed by atoms with E-state index in [0.717, 1.165) is 51.4 Å². The van der Waals surface area contributed by atoms with Crippen LogP contribution in [0.4, 0.5) is 0 Å². The minimum absolute atomic E-state index is 0.183. The molecule has 54 heavy (non-hydrogen) atoms. The smallest absolute Gasteiger partial charge is 0.385 e. The molecule has 0 aliphatic heterocycles. The van der Waals surface area contributed by atoms with Crippen molar-refractivity contribution in [3.05, 3.63) is 12.2 Å². The summed E-state index contributed by atoms with van der Waals surface area (Å²) in [5.74, 6) is -1.36.